The van der Waals surface area contributed by atoms with Crippen LogP contribution in [-0.4, -0.2) is 65.6 Å². The van der Waals surface area contributed by atoms with Crippen LogP contribution < -0.4 is 0 Å². The van der Waals surface area contributed by atoms with E-state index in [0.29, 0.717) is 31.9 Å². The third kappa shape index (κ3) is 4.08. The van der Waals surface area contributed by atoms with Gasteiger partial charge >= 0.3 is 0 Å². The fourth-order valence-electron chi connectivity index (χ4n) is 2.21. The number of rotatable bonds is 5. The summed E-state index contributed by atoms with van der Waals surface area (Å²) in [5.74, 6) is 0.359. The van der Waals surface area contributed by atoms with E-state index in [1.54, 1.807) is 21.9 Å². The Morgan fingerprint density at radius 3 is 2.57 bits per heavy atom. The molecule has 0 bridgehead atoms. The third-order valence-corrected chi connectivity index (χ3v) is 3.51. The predicted molar refractivity (Wildman–Crippen MR) is 74.0 cm³/mol. The van der Waals surface area contributed by atoms with E-state index in [-0.39, 0.29) is 24.9 Å². The van der Waals surface area contributed by atoms with Crippen LogP contribution in [0.3, 0.4) is 0 Å². The minimum Gasteiger partial charge on any atom is -0.467 e. The van der Waals surface area contributed by atoms with Gasteiger partial charge in [0.2, 0.25) is 18.2 Å². The summed E-state index contributed by atoms with van der Waals surface area (Å²) in [5.41, 5.74) is 0. The van der Waals surface area contributed by atoms with Crippen LogP contribution in [0.25, 0.3) is 0 Å². The second-order valence-corrected chi connectivity index (χ2v) is 4.98. The second-order valence-electron chi connectivity index (χ2n) is 4.98. The van der Waals surface area contributed by atoms with E-state index in [2.05, 4.69) is 0 Å². The van der Waals surface area contributed by atoms with Crippen molar-refractivity contribution in [3.8, 4) is 0 Å². The van der Waals surface area contributed by atoms with Crippen LogP contribution in [0, 0.1) is 0 Å². The van der Waals surface area contributed by atoms with Gasteiger partial charge in [0.15, 0.2) is 0 Å². The number of amides is 3. The first kappa shape index (κ1) is 15.1. The van der Waals surface area contributed by atoms with Gasteiger partial charge in [-0.15, -0.1) is 0 Å². The zero-order chi connectivity index (χ0) is 15.2. The van der Waals surface area contributed by atoms with Crippen molar-refractivity contribution in [3.05, 3.63) is 24.2 Å². The average Bonchev–Trinajstić information content (AvgIpc) is 2.99. The number of nitrogens with zero attached hydrogens (tertiary/aromatic N) is 3. The minimum absolute atomic E-state index is 0.0249. The highest BCUT2D eigenvalue weighted by Gasteiger charge is 2.23. The van der Waals surface area contributed by atoms with Crippen molar-refractivity contribution in [2.24, 2.45) is 0 Å². The van der Waals surface area contributed by atoms with Crippen molar-refractivity contribution < 1.29 is 18.8 Å². The molecule has 0 atom stereocenters. The van der Waals surface area contributed by atoms with E-state index in [1.807, 2.05) is 0 Å². The number of hydrogen-bond acceptors (Lipinski definition) is 4. The summed E-state index contributed by atoms with van der Waals surface area (Å²) >= 11 is 0. The van der Waals surface area contributed by atoms with Crippen molar-refractivity contribution >= 4 is 18.2 Å². The summed E-state index contributed by atoms with van der Waals surface area (Å²) in [7, 11) is 0. The van der Waals surface area contributed by atoms with Gasteiger partial charge in [0, 0.05) is 33.1 Å². The summed E-state index contributed by atoms with van der Waals surface area (Å²) in [6.07, 6.45) is 2.33. The van der Waals surface area contributed by atoms with Gasteiger partial charge in [-0.05, 0) is 12.1 Å². The lowest BCUT2D eigenvalue weighted by atomic mass is 10.3. The Kier molecular flexibility index (Phi) is 4.97. The van der Waals surface area contributed by atoms with Crippen molar-refractivity contribution in [2.75, 3.05) is 32.7 Å². The Labute approximate surface area is 123 Å². The Balaban J connectivity index is 1.89. The molecular formula is C14H19N3O4. The molecule has 0 aliphatic carbocycles. The van der Waals surface area contributed by atoms with Gasteiger partial charge in [-0.1, -0.05) is 0 Å². The lowest BCUT2D eigenvalue weighted by molar-refractivity contribution is -0.141. The maximum atomic E-state index is 12.2. The van der Waals surface area contributed by atoms with E-state index in [0.717, 1.165) is 6.41 Å². The lowest BCUT2D eigenvalue weighted by Crippen LogP contribution is -2.51. The van der Waals surface area contributed by atoms with E-state index >= 15 is 0 Å². The van der Waals surface area contributed by atoms with E-state index in [9.17, 15) is 14.4 Å². The molecule has 1 aromatic heterocycles. The van der Waals surface area contributed by atoms with Crippen LogP contribution in [0.5, 0.6) is 0 Å². The van der Waals surface area contributed by atoms with Crippen LogP contribution in [0.2, 0.25) is 0 Å². The maximum Gasteiger partial charge on any atom is 0.242 e. The number of furan rings is 1. The molecule has 2 heterocycles. The zero-order valence-electron chi connectivity index (χ0n) is 12.0. The molecule has 1 aliphatic rings. The molecular weight excluding hydrogens is 274 g/mol. The summed E-state index contributed by atoms with van der Waals surface area (Å²) in [6, 6.07) is 3.51. The molecule has 2 rings (SSSR count). The molecule has 0 saturated carbocycles. The predicted octanol–water partition coefficient (Wildman–Crippen LogP) is -0.0713. The highest BCUT2D eigenvalue weighted by molar-refractivity contribution is 5.84. The van der Waals surface area contributed by atoms with Gasteiger partial charge in [-0.25, -0.2) is 0 Å². The molecule has 0 radical (unpaired) electrons. The van der Waals surface area contributed by atoms with Crippen LogP contribution in [0.4, 0.5) is 0 Å². The number of piperazine rings is 1. The van der Waals surface area contributed by atoms with E-state index in [1.165, 1.54) is 18.1 Å². The third-order valence-electron chi connectivity index (χ3n) is 3.51. The highest BCUT2D eigenvalue weighted by atomic mass is 16.3. The van der Waals surface area contributed by atoms with Crippen LogP contribution in [0.15, 0.2) is 22.8 Å². The van der Waals surface area contributed by atoms with Gasteiger partial charge in [-0.3, -0.25) is 14.4 Å². The second kappa shape index (κ2) is 6.92. The topological polar surface area (TPSA) is 74.1 Å². The number of carbonyl (C=O) groups excluding carboxylic acids is 3. The Bertz CT molecular complexity index is 492. The van der Waals surface area contributed by atoms with Gasteiger partial charge in [0.1, 0.15) is 12.3 Å². The molecule has 1 saturated heterocycles. The van der Waals surface area contributed by atoms with Gasteiger partial charge in [0.05, 0.1) is 12.8 Å². The SMILES string of the molecule is CC(=O)N(CC(=O)N1CCN(C=O)CC1)Cc1ccco1. The zero-order valence-corrected chi connectivity index (χ0v) is 12.0. The fraction of sp³-hybridized carbons (Fsp3) is 0.500. The highest BCUT2D eigenvalue weighted by Crippen LogP contribution is 2.07. The minimum atomic E-state index is -0.175. The van der Waals surface area contributed by atoms with Crippen molar-refractivity contribution in [3.63, 3.8) is 0 Å². The summed E-state index contributed by atoms with van der Waals surface area (Å²) in [4.78, 5) is 39.3. The molecule has 7 nitrogen and oxygen atoms in total. The molecule has 7 heteroatoms. The molecule has 0 N–H and O–H groups in total. The van der Waals surface area contributed by atoms with Crippen molar-refractivity contribution in [1.29, 1.82) is 0 Å². The van der Waals surface area contributed by atoms with E-state index in [4.69, 9.17) is 4.42 Å². The normalized spacial score (nSPS) is 14.9. The summed E-state index contributed by atoms with van der Waals surface area (Å²) < 4.78 is 5.21. The number of carbonyl (C=O) groups is 3. The molecule has 1 fully saturated rings. The van der Waals surface area contributed by atoms with Gasteiger partial charge in [0.25, 0.3) is 0 Å². The largest absolute Gasteiger partial charge is 0.467 e. The van der Waals surface area contributed by atoms with Gasteiger partial charge < -0.3 is 19.1 Å². The van der Waals surface area contributed by atoms with Crippen molar-refractivity contribution in [2.45, 2.75) is 13.5 Å². The lowest BCUT2D eigenvalue weighted by Gasteiger charge is -2.33. The average molecular weight is 293 g/mol. The molecule has 1 aromatic rings. The van der Waals surface area contributed by atoms with Crippen molar-refractivity contribution in [1.82, 2.24) is 14.7 Å². The van der Waals surface area contributed by atoms with Crippen LogP contribution in [-0.2, 0) is 20.9 Å². The number of hydrogen-bond donors (Lipinski definition) is 0. The molecule has 0 spiro atoms. The Morgan fingerprint density at radius 1 is 1.33 bits per heavy atom. The first-order valence-electron chi connectivity index (χ1n) is 6.85. The van der Waals surface area contributed by atoms with Gasteiger partial charge in [-0.2, -0.15) is 0 Å². The molecule has 3 amide bonds. The Hall–Kier alpha value is -2.31. The first-order valence-corrected chi connectivity index (χ1v) is 6.85. The smallest absolute Gasteiger partial charge is 0.242 e. The summed E-state index contributed by atoms with van der Waals surface area (Å²) in [6.45, 7) is 3.81. The quantitative estimate of drug-likeness (QED) is 0.712. The van der Waals surface area contributed by atoms with Crippen LogP contribution >= 0.6 is 0 Å². The maximum absolute atomic E-state index is 12.2. The van der Waals surface area contributed by atoms with Crippen LogP contribution in [0.1, 0.15) is 12.7 Å². The molecule has 114 valence electrons. The summed E-state index contributed by atoms with van der Waals surface area (Å²) in [5, 5.41) is 0. The molecule has 0 aromatic carbocycles. The standard InChI is InChI=1S/C14H19N3O4/c1-12(19)17(9-13-3-2-8-21-13)10-14(20)16-6-4-15(11-18)5-7-16/h2-3,8,11H,4-7,9-10H2,1H3. The fourth-order valence-corrected chi connectivity index (χ4v) is 2.21. The molecule has 21 heavy (non-hydrogen) atoms. The monoisotopic (exact) mass is 293 g/mol. The Morgan fingerprint density at radius 2 is 2.05 bits per heavy atom. The first-order chi connectivity index (χ1) is 10.1. The molecule has 1 aliphatic heterocycles. The van der Waals surface area contributed by atoms with E-state index < -0.39 is 0 Å². The molecule has 0 unspecified atom stereocenters.